The Hall–Kier alpha value is -1.56. The SMILES string of the molecule is Fc1cccc(Oc2cc(F)c(Br)cc2F)n1. The normalized spacial score (nSPS) is 10.4. The van der Waals surface area contributed by atoms with E-state index in [-0.39, 0.29) is 16.1 Å². The monoisotopic (exact) mass is 303 g/mol. The summed E-state index contributed by atoms with van der Waals surface area (Å²) in [4.78, 5) is 3.37. The highest BCUT2D eigenvalue weighted by Gasteiger charge is 2.11. The van der Waals surface area contributed by atoms with E-state index in [1.807, 2.05) is 0 Å². The summed E-state index contributed by atoms with van der Waals surface area (Å²) in [6.45, 7) is 0. The third-order valence-corrected chi connectivity index (χ3v) is 2.49. The van der Waals surface area contributed by atoms with Gasteiger partial charge in [0, 0.05) is 12.1 Å². The minimum atomic E-state index is -0.774. The molecule has 88 valence electrons. The van der Waals surface area contributed by atoms with Crippen molar-refractivity contribution in [2.75, 3.05) is 0 Å². The Morgan fingerprint density at radius 1 is 1.06 bits per heavy atom. The Kier molecular flexibility index (Phi) is 3.33. The van der Waals surface area contributed by atoms with Gasteiger partial charge in [0.25, 0.3) is 0 Å². The van der Waals surface area contributed by atoms with E-state index in [9.17, 15) is 13.2 Å². The molecule has 0 aliphatic rings. The lowest BCUT2D eigenvalue weighted by atomic mass is 10.3. The van der Waals surface area contributed by atoms with Crippen LogP contribution in [0.2, 0.25) is 0 Å². The van der Waals surface area contributed by atoms with E-state index in [0.717, 1.165) is 18.2 Å². The molecule has 0 bridgehead atoms. The molecule has 2 aromatic rings. The molecule has 0 saturated carbocycles. The molecule has 2 nitrogen and oxygen atoms in total. The van der Waals surface area contributed by atoms with Gasteiger partial charge in [-0.1, -0.05) is 6.07 Å². The Morgan fingerprint density at radius 3 is 2.53 bits per heavy atom. The number of benzene rings is 1. The summed E-state index contributed by atoms with van der Waals surface area (Å²) in [6, 6.07) is 5.58. The summed E-state index contributed by atoms with van der Waals surface area (Å²) in [5, 5.41) is 0. The molecule has 0 amide bonds. The Bertz CT molecular complexity index is 562. The second-order valence-corrected chi connectivity index (χ2v) is 3.95. The molecule has 17 heavy (non-hydrogen) atoms. The van der Waals surface area contributed by atoms with Crippen molar-refractivity contribution in [1.82, 2.24) is 4.98 Å². The van der Waals surface area contributed by atoms with Crippen molar-refractivity contribution in [3.63, 3.8) is 0 Å². The highest BCUT2D eigenvalue weighted by Crippen LogP contribution is 2.28. The predicted molar refractivity (Wildman–Crippen MR) is 58.3 cm³/mol. The lowest BCUT2D eigenvalue weighted by Gasteiger charge is -2.06. The summed E-state index contributed by atoms with van der Waals surface area (Å²) >= 11 is 2.83. The van der Waals surface area contributed by atoms with Gasteiger partial charge in [-0.05, 0) is 28.1 Å². The zero-order chi connectivity index (χ0) is 12.4. The summed E-state index contributed by atoms with van der Waals surface area (Å²) < 4.78 is 44.2. The zero-order valence-corrected chi connectivity index (χ0v) is 9.84. The molecule has 0 aliphatic heterocycles. The standard InChI is InChI=1S/C11H5BrF3NO/c12-6-4-8(14)9(5-7(6)13)17-11-3-1-2-10(15)16-11/h1-5H. The van der Waals surface area contributed by atoms with Gasteiger partial charge in [0.2, 0.25) is 11.8 Å². The number of aromatic nitrogens is 1. The summed E-state index contributed by atoms with van der Waals surface area (Å²) in [5.74, 6) is -2.72. The van der Waals surface area contributed by atoms with Crippen molar-refractivity contribution in [1.29, 1.82) is 0 Å². The molecular weight excluding hydrogens is 299 g/mol. The van der Waals surface area contributed by atoms with Gasteiger partial charge in [-0.2, -0.15) is 9.37 Å². The molecule has 2 rings (SSSR count). The number of halogens is 4. The van der Waals surface area contributed by atoms with Crippen LogP contribution in [0.5, 0.6) is 11.6 Å². The van der Waals surface area contributed by atoms with Crippen LogP contribution in [0.25, 0.3) is 0 Å². The van der Waals surface area contributed by atoms with Crippen LogP contribution in [0.4, 0.5) is 13.2 Å². The first kappa shape index (κ1) is 11.9. The molecule has 0 atom stereocenters. The van der Waals surface area contributed by atoms with Crippen LogP contribution in [0.3, 0.4) is 0 Å². The van der Waals surface area contributed by atoms with Crippen molar-refractivity contribution in [3.05, 3.63) is 52.4 Å². The van der Waals surface area contributed by atoms with Crippen LogP contribution in [-0.2, 0) is 0 Å². The van der Waals surface area contributed by atoms with Crippen molar-refractivity contribution >= 4 is 15.9 Å². The first-order valence-electron chi connectivity index (χ1n) is 4.51. The lowest BCUT2D eigenvalue weighted by molar-refractivity contribution is 0.411. The Balaban J connectivity index is 2.33. The van der Waals surface area contributed by atoms with E-state index in [2.05, 4.69) is 20.9 Å². The highest BCUT2D eigenvalue weighted by atomic mass is 79.9. The van der Waals surface area contributed by atoms with Gasteiger partial charge in [-0.15, -0.1) is 0 Å². The Morgan fingerprint density at radius 2 is 1.82 bits per heavy atom. The maximum absolute atomic E-state index is 13.4. The first-order chi connectivity index (χ1) is 8.06. The largest absolute Gasteiger partial charge is 0.436 e. The maximum Gasteiger partial charge on any atom is 0.222 e. The molecule has 0 unspecified atom stereocenters. The topological polar surface area (TPSA) is 22.1 Å². The van der Waals surface area contributed by atoms with E-state index in [4.69, 9.17) is 4.74 Å². The minimum Gasteiger partial charge on any atom is -0.436 e. The van der Waals surface area contributed by atoms with Crippen molar-refractivity contribution in [2.24, 2.45) is 0 Å². The fourth-order valence-electron chi connectivity index (χ4n) is 1.14. The van der Waals surface area contributed by atoms with Crippen LogP contribution in [0, 0.1) is 17.6 Å². The fourth-order valence-corrected chi connectivity index (χ4v) is 1.46. The van der Waals surface area contributed by atoms with Gasteiger partial charge in [0.1, 0.15) is 5.82 Å². The molecule has 1 aromatic heterocycles. The van der Waals surface area contributed by atoms with E-state index in [1.54, 1.807) is 0 Å². The molecule has 0 fully saturated rings. The number of rotatable bonds is 2. The maximum atomic E-state index is 13.4. The molecule has 0 saturated heterocycles. The highest BCUT2D eigenvalue weighted by molar-refractivity contribution is 9.10. The molecule has 0 radical (unpaired) electrons. The van der Waals surface area contributed by atoms with E-state index < -0.39 is 17.6 Å². The third kappa shape index (κ3) is 2.76. The summed E-state index contributed by atoms with van der Waals surface area (Å²) in [7, 11) is 0. The van der Waals surface area contributed by atoms with Gasteiger partial charge in [-0.3, -0.25) is 0 Å². The molecule has 0 spiro atoms. The lowest BCUT2D eigenvalue weighted by Crippen LogP contribution is -1.94. The van der Waals surface area contributed by atoms with E-state index >= 15 is 0 Å². The van der Waals surface area contributed by atoms with E-state index in [0.29, 0.717) is 0 Å². The van der Waals surface area contributed by atoms with Crippen molar-refractivity contribution in [3.8, 4) is 11.6 Å². The number of nitrogens with zero attached hydrogens (tertiary/aromatic N) is 1. The first-order valence-corrected chi connectivity index (χ1v) is 5.30. The smallest absolute Gasteiger partial charge is 0.222 e. The number of ether oxygens (including phenoxy) is 1. The van der Waals surface area contributed by atoms with Gasteiger partial charge >= 0.3 is 0 Å². The average Bonchev–Trinajstić information content (AvgIpc) is 2.26. The van der Waals surface area contributed by atoms with Crippen molar-refractivity contribution in [2.45, 2.75) is 0 Å². The molecule has 6 heteroatoms. The van der Waals surface area contributed by atoms with Gasteiger partial charge in [0.05, 0.1) is 4.47 Å². The summed E-state index contributed by atoms with van der Waals surface area (Å²) in [5.41, 5.74) is 0. The average molecular weight is 304 g/mol. The molecule has 1 heterocycles. The third-order valence-electron chi connectivity index (χ3n) is 1.88. The second kappa shape index (κ2) is 4.75. The Labute approximate surface area is 103 Å². The predicted octanol–water partition coefficient (Wildman–Crippen LogP) is 4.05. The quantitative estimate of drug-likeness (QED) is 0.617. The van der Waals surface area contributed by atoms with Crippen LogP contribution < -0.4 is 4.74 Å². The molecule has 1 aromatic carbocycles. The van der Waals surface area contributed by atoms with Gasteiger partial charge in [-0.25, -0.2) is 8.78 Å². The number of pyridine rings is 1. The zero-order valence-electron chi connectivity index (χ0n) is 8.25. The van der Waals surface area contributed by atoms with Crippen LogP contribution in [0.1, 0.15) is 0 Å². The van der Waals surface area contributed by atoms with E-state index in [1.165, 1.54) is 12.1 Å². The number of hydrogen-bond acceptors (Lipinski definition) is 2. The van der Waals surface area contributed by atoms with Crippen LogP contribution >= 0.6 is 15.9 Å². The van der Waals surface area contributed by atoms with Crippen LogP contribution in [0.15, 0.2) is 34.8 Å². The fraction of sp³-hybridized carbons (Fsp3) is 0. The molecule has 0 aliphatic carbocycles. The second-order valence-electron chi connectivity index (χ2n) is 3.10. The van der Waals surface area contributed by atoms with Gasteiger partial charge in [0.15, 0.2) is 11.6 Å². The summed E-state index contributed by atoms with van der Waals surface area (Å²) in [6.07, 6.45) is 0. The minimum absolute atomic E-state index is 0.0189. The number of hydrogen-bond donors (Lipinski definition) is 0. The molecule has 0 N–H and O–H groups in total. The van der Waals surface area contributed by atoms with Gasteiger partial charge < -0.3 is 4.74 Å². The van der Waals surface area contributed by atoms with Crippen molar-refractivity contribution < 1.29 is 17.9 Å². The van der Waals surface area contributed by atoms with Crippen LogP contribution in [-0.4, -0.2) is 4.98 Å². The molecular formula is C11H5BrF3NO.